The minimum atomic E-state index is -3.44. The summed E-state index contributed by atoms with van der Waals surface area (Å²) in [6, 6.07) is 0. The third kappa shape index (κ3) is 5.24. The van der Waals surface area contributed by atoms with Gasteiger partial charge in [0.1, 0.15) is 0 Å². The Bertz CT molecular complexity index is 368. The van der Waals surface area contributed by atoms with Crippen molar-refractivity contribution in [3.8, 4) is 0 Å². The summed E-state index contributed by atoms with van der Waals surface area (Å²) in [6.45, 7) is 0.573. The molecule has 2 fully saturated rings. The maximum Gasteiger partial charge on any atom is 0.233 e. The molecule has 2 aliphatic carbocycles. The zero-order chi connectivity index (χ0) is 13.8. The average molecular weight is 309 g/mol. The monoisotopic (exact) mass is 308 g/mol. The number of ether oxygens (including phenoxy) is 1. The Morgan fingerprint density at radius 2 is 1.58 bits per heavy atom. The second kappa shape index (κ2) is 6.77. The van der Waals surface area contributed by atoms with Crippen molar-refractivity contribution in [1.82, 2.24) is 0 Å². The molecule has 0 amide bonds. The fraction of sp³-hybridized carbons (Fsp3) is 1.00. The minimum Gasteiger partial charge on any atom is -0.378 e. The van der Waals surface area contributed by atoms with Crippen molar-refractivity contribution in [2.45, 2.75) is 70.3 Å². The molecule has 19 heavy (non-hydrogen) atoms. The highest BCUT2D eigenvalue weighted by molar-refractivity contribution is 8.13. The minimum absolute atomic E-state index is 0.0777. The topological polar surface area (TPSA) is 43.4 Å². The van der Waals surface area contributed by atoms with E-state index in [2.05, 4.69) is 0 Å². The second-order valence-electron chi connectivity index (χ2n) is 6.31. The van der Waals surface area contributed by atoms with E-state index in [1.807, 2.05) is 0 Å². The van der Waals surface area contributed by atoms with Crippen molar-refractivity contribution in [3.05, 3.63) is 0 Å². The molecule has 0 radical (unpaired) electrons. The van der Waals surface area contributed by atoms with Gasteiger partial charge in [0.2, 0.25) is 9.05 Å². The van der Waals surface area contributed by atoms with Crippen LogP contribution in [0, 0.1) is 5.41 Å². The lowest BCUT2D eigenvalue weighted by atomic mass is 9.76. The van der Waals surface area contributed by atoms with Crippen LogP contribution >= 0.6 is 10.7 Å². The number of halogens is 1. The van der Waals surface area contributed by atoms with Gasteiger partial charge in [-0.2, -0.15) is 0 Å². The van der Waals surface area contributed by atoms with Crippen LogP contribution in [0.4, 0.5) is 0 Å². The van der Waals surface area contributed by atoms with Crippen LogP contribution in [-0.2, 0) is 13.8 Å². The number of hydrogen-bond donors (Lipinski definition) is 0. The highest BCUT2D eigenvalue weighted by atomic mass is 35.7. The molecule has 0 N–H and O–H groups in total. The van der Waals surface area contributed by atoms with Gasteiger partial charge >= 0.3 is 0 Å². The quantitative estimate of drug-likeness (QED) is 0.724. The van der Waals surface area contributed by atoms with Crippen molar-refractivity contribution in [2.75, 3.05) is 12.4 Å². The summed E-state index contributed by atoms with van der Waals surface area (Å²) < 4.78 is 29.0. The van der Waals surface area contributed by atoms with E-state index >= 15 is 0 Å². The molecule has 0 aliphatic heterocycles. The molecular formula is C14H25ClO3S. The summed E-state index contributed by atoms with van der Waals surface area (Å²) in [5.41, 5.74) is -0.226. The first kappa shape index (κ1) is 15.6. The van der Waals surface area contributed by atoms with E-state index in [9.17, 15) is 8.42 Å². The van der Waals surface area contributed by atoms with Crippen molar-refractivity contribution in [2.24, 2.45) is 5.41 Å². The summed E-state index contributed by atoms with van der Waals surface area (Å²) >= 11 is 0. The lowest BCUT2D eigenvalue weighted by Gasteiger charge is -2.37. The highest BCUT2D eigenvalue weighted by Gasteiger charge is 2.37. The van der Waals surface area contributed by atoms with Crippen LogP contribution in [0.3, 0.4) is 0 Å². The van der Waals surface area contributed by atoms with Gasteiger partial charge in [-0.15, -0.1) is 0 Å². The van der Waals surface area contributed by atoms with Crippen LogP contribution in [0.1, 0.15) is 64.2 Å². The zero-order valence-corrected chi connectivity index (χ0v) is 13.1. The maximum atomic E-state index is 11.5. The molecule has 3 nitrogen and oxygen atoms in total. The van der Waals surface area contributed by atoms with E-state index in [0.29, 0.717) is 12.7 Å². The molecule has 0 saturated heterocycles. The van der Waals surface area contributed by atoms with Crippen molar-refractivity contribution in [1.29, 1.82) is 0 Å². The molecule has 5 heteroatoms. The van der Waals surface area contributed by atoms with Gasteiger partial charge < -0.3 is 4.74 Å². The molecule has 0 heterocycles. The van der Waals surface area contributed by atoms with Gasteiger partial charge in [-0.25, -0.2) is 8.42 Å². The van der Waals surface area contributed by atoms with E-state index in [-0.39, 0.29) is 11.2 Å². The van der Waals surface area contributed by atoms with Crippen LogP contribution < -0.4 is 0 Å². The molecule has 112 valence electrons. The Morgan fingerprint density at radius 3 is 2.16 bits per heavy atom. The lowest BCUT2D eigenvalue weighted by Crippen LogP contribution is -2.37. The van der Waals surface area contributed by atoms with E-state index in [1.165, 1.54) is 25.7 Å². The van der Waals surface area contributed by atoms with Gasteiger partial charge in [0.05, 0.1) is 18.5 Å². The summed E-state index contributed by atoms with van der Waals surface area (Å²) in [6.07, 6.45) is 11.7. The van der Waals surface area contributed by atoms with Gasteiger partial charge in [0, 0.05) is 16.1 Å². The average Bonchev–Trinajstić information content (AvgIpc) is 2.37. The zero-order valence-electron chi connectivity index (χ0n) is 11.6. The Kier molecular flexibility index (Phi) is 5.55. The van der Waals surface area contributed by atoms with Crippen molar-refractivity contribution < 1.29 is 13.2 Å². The standard InChI is InChI=1S/C14H25ClO3S/c15-19(16,17)12-14(9-5-2-6-10-14)11-18-13-7-3-1-4-8-13/h13H,1-12H2. The molecule has 0 aromatic carbocycles. The Hall–Kier alpha value is 0.200. The molecule has 2 saturated carbocycles. The van der Waals surface area contributed by atoms with Gasteiger partial charge in [-0.05, 0) is 25.7 Å². The predicted octanol–water partition coefficient (Wildman–Crippen LogP) is 3.85. The first-order chi connectivity index (χ1) is 8.99. The maximum absolute atomic E-state index is 11.5. The van der Waals surface area contributed by atoms with Gasteiger partial charge in [0.25, 0.3) is 0 Å². The first-order valence-corrected chi connectivity index (χ1v) is 10.0. The molecule has 0 aromatic heterocycles. The second-order valence-corrected chi connectivity index (χ2v) is 9.09. The van der Waals surface area contributed by atoms with Gasteiger partial charge in [0.15, 0.2) is 0 Å². The molecule has 2 rings (SSSR count). The van der Waals surface area contributed by atoms with Crippen molar-refractivity contribution >= 4 is 19.7 Å². The van der Waals surface area contributed by atoms with Crippen LogP contribution in [0.5, 0.6) is 0 Å². The highest BCUT2D eigenvalue weighted by Crippen LogP contribution is 2.39. The summed E-state index contributed by atoms with van der Waals surface area (Å²) in [5.74, 6) is 0.0777. The van der Waals surface area contributed by atoms with Crippen LogP contribution in [0.2, 0.25) is 0 Å². The summed E-state index contributed by atoms with van der Waals surface area (Å²) in [4.78, 5) is 0. The van der Waals surface area contributed by atoms with E-state index in [4.69, 9.17) is 15.4 Å². The van der Waals surface area contributed by atoms with Crippen LogP contribution in [0.25, 0.3) is 0 Å². The number of hydrogen-bond acceptors (Lipinski definition) is 3. The third-order valence-electron chi connectivity index (χ3n) is 4.57. The van der Waals surface area contributed by atoms with Gasteiger partial charge in [-0.1, -0.05) is 38.5 Å². The molecule has 0 unspecified atom stereocenters. The molecule has 0 aromatic rings. The molecule has 0 bridgehead atoms. The van der Waals surface area contributed by atoms with Gasteiger partial charge in [-0.3, -0.25) is 0 Å². The lowest BCUT2D eigenvalue weighted by molar-refractivity contribution is -0.0303. The SMILES string of the molecule is O=S(=O)(Cl)CC1(COC2CCCCC2)CCCCC1. The van der Waals surface area contributed by atoms with E-state index < -0.39 is 9.05 Å². The molecule has 0 spiro atoms. The van der Waals surface area contributed by atoms with Crippen LogP contribution in [-0.4, -0.2) is 26.9 Å². The Morgan fingerprint density at radius 1 is 1.00 bits per heavy atom. The smallest absolute Gasteiger partial charge is 0.233 e. The third-order valence-corrected chi connectivity index (χ3v) is 5.85. The molecular weight excluding hydrogens is 284 g/mol. The Labute approximate surface area is 121 Å². The normalized spacial score (nSPS) is 25.3. The van der Waals surface area contributed by atoms with Crippen molar-refractivity contribution in [3.63, 3.8) is 0 Å². The number of rotatable bonds is 5. The largest absolute Gasteiger partial charge is 0.378 e. The fourth-order valence-corrected chi connectivity index (χ4v) is 5.32. The molecule has 2 aliphatic rings. The first-order valence-electron chi connectivity index (χ1n) is 7.53. The van der Waals surface area contributed by atoms with E-state index in [0.717, 1.165) is 38.5 Å². The summed E-state index contributed by atoms with van der Waals surface area (Å²) in [5, 5.41) is 0. The fourth-order valence-electron chi connectivity index (χ4n) is 3.52. The van der Waals surface area contributed by atoms with E-state index in [1.54, 1.807) is 0 Å². The predicted molar refractivity (Wildman–Crippen MR) is 78.0 cm³/mol. The van der Waals surface area contributed by atoms with Crippen LogP contribution in [0.15, 0.2) is 0 Å². The summed E-state index contributed by atoms with van der Waals surface area (Å²) in [7, 11) is 2.05. The molecule has 0 atom stereocenters. The Balaban J connectivity index is 1.93.